The van der Waals surface area contributed by atoms with E-state index in [0.717, 1.165) is 17.9 Å². The highest BCUT2D eigenvalue weighted by molar-refractivity contribution is 9.10. The maximum atomic E-state index is 13.2. The number of methoxy groups -OCH3 is 1. The van der Waals surface area contributed by atoms with E-state index >= 15 is 0 Å². The Morgan fingerprint density at radius 2 is 1.70 bits per heavy atom. The van der Waals surface area contributed by atoms with E-state index < -0.39 is 45.3 Å². The van der Waals surface area contributed by atoms with Crippen LogP contribution in [0.2, 0.25) is 0 Å². The molecule has 1 heterocycles. The molecular weight excluding hydrogens is 448 g/mol. The fourth-order valence-corrected chi connectivity index (χ4v) is 2.85. The van der Waals surface area contributed by atoms with Crippen molar-refractivity contribution in [3.63, 3.8) is 0 Å². The number of alkyl halides is 6. The summed E-state index contributed by atoms with van der Waals surface area (Å²) in [7, 11) is 0.966. The van der Waals surface area contributed by atoms with Crippen molar-refractivity contribution in [2.45, 2.75) is 12.4 Å². The highest BCUT2D eigenvalue weighted by Gasteiger charge is 2.44. The predicted molar refractivity (Wildman–Crippen MR) is 83.9 cm³/mol. The second kappa shape index (κ2) is 6.80. The molecule has 1 aromatic heterocycles. The van der Waals surface area contributed by atoms with Crippen LogP contribution in [0.3, 0.4) is 0 Å². The Labute approximate surface area is 156 Å². The molecule has 0 aliphatic rings. The van der Waals surface area contributed by atoms with E-state index in [1.54, 1.807) is 6.07 Å². The van der Waals surface area contributed by atoms with E-state index in [2.05, 4.69) is 20.7 Å². The van der Waals surface area contributed by atoms with Gasteiger partial charge in [-0.05, 0) is 28.1 Å². The number of hydrogen-bond acceptors (Lipinski definition) is 4. The molecule has 0 saturated carbocycles. The minimum Gasteiger partial charge on any atom is -0.464 e. The molecule has 0 saturated heterocycles. The van der Waals surface area contributed by atoms with E-state index in [9.17, 15) is 31.1 Å². The molecule has 5 nitrogen and oxygen atoms in total. The van der Waals surface area contributed by atoms with Crippen molar-refractivity contribution in [1.29, 1.82) is 5.26 Å². The maximum Gasteiger partial charge on any atom is 0.417 e. The number of esters is 1. The molecule has 0 radical (unpaired) electrons. The minimum atomic E-state index is -5.33. The van der Waals surface area contributed by atoms with Gasteiger partial charge in [-0.15, -0.1) is 0 Å². The molecular formula is C15H8BrF6N3O2. The third kappa shape index (κ3) is 3.73. The van der Waals surface area contributed by atoms with Gasteiger partial charge in [0.05, 0.1) is 35.2 Å². The van der Waals surface area contributed by atoms with E-state index in [1.165, 1.54) is 0 Å². The summed E-state index contributed by atoms with van der Waals surface area (Å²) in [6.45, 7) is 0. The number of halogens is 7. The fraction of sp³-hybridized carbons (Fsp3) is 0.200. The molecule has 0 aliphatic carbocycles. The van der Waals surface area contributed by atoms with E-state index in [1.807, 2.05) is 0 Å². The number of nitrogens with zero attached hydrogens (tertiary/aromatic N) is 2. The molecule has 2 rings (SSSR count). The van der Waals surface area contributed by atoms with Gasteiger partial charge in [0, 0.05) is 10.7 Å². The molecule has 0 aliphatic heterocycles. The number of carbonyl (C=O) groups is 1. The Morgan fingerprint density at radius 3 is 2.15 bits per heavy atom. The van der Waals surface area contributed by atoms with Gasteiger partial charge in [-0.2, -0.15) is 31.6 Å². The average Bonchev–Trinajstić information content (AvgIpc) is 2.88. The molecule has 2 aromatic rings. The van der Waals surface area contributed by atoms with Crippen LogP contribution < -0.4 is 5.73 Å². The molecule has 2 N–H and O–H groups in total. The Morgan fingerprint density at radius 1 is 1.19 bits per heavy atom. The number of hydrogen-bond donors (Lipinski definition) is 1. The Bertz CT molecular complexity index is 956. The van der Waals surface area contributed by atoms with Crippen molar-refractivity contribution < 1.29 is 35.9 Å². The maximum absolute atomic E-state index is 13.2. The second-order valence-electron chi connectivity index (χ2n) is 5.12. The first-order valence-electron chi connectivity index (χ1n) is 6.80. The summed E-state index contributed by atoms with van der Waals surface area (Å²) in [5, 5.41) is 9.03. The van der Waals surface area contributed by atoms with Crippen molar-refractivity contribution in [2.75, 3.05) is 12.8 Å². The molecule has 12 heteroatoms. The highest BCUT2D eigenvalue weighted by atomic mass is 79.9. The molecule has 0 fully saturated rings. The first-order chi connectivity index (χ1) is 12.3. The summed E-state index contributed by atoms with van der Waals surface area (Å²) in [6, 6.07) is 2.08. The molecule has 0 spiro atoms. The quantitative estimate of drug-likeness (QED) is 0.533. The fourth-order valence-electron chi connectivity index (χ4n) is 2.32. The Hall–Kier alpha value is -2.68. The van der Waals surface area contributed by atoms with E-state index in [-0.39, 0.29) is 23.4 Å². The van der Waals surface area contributed by atoms with Crippen molar-refractivity contribution in [3.8, 4) is 11.8 Å². The predicted octanol–water partition coefficient (Wildman–Crippen LogP) is 4.52. The van der Waals surface area contributed by atoms with Gasteiger partial charge in [0.1, 0.15) is 6.07 Å². The topological polar surface area (TPSA) is 81.0 Å². The highest BCUT2D eigenvalue weighted by Crippen LogP contribution is 2.43. The zero-order valence-corrected chi connectivity index (χ0v) is 14.8. The third-order valence-corrected chi connectivity index (χ3v) is 4.14. The summed E-state index contributed by atoms with van der Waals surface area (Å²) in [4.78, 5) is 11.9. The summed E-state index contributed by atoms with van der Waals surface area (Å²) < 4.78 is 83.4. The molecule has 0 atom stereocenters. The number of carbonyl (C=O) groups excluding carboxylic acids is 1. The molecule has 1 aromatic carbocycles. The van der Waals surface area contributed by atoms with Crippen molar-refractivity contribution in [1.82, 2.24) is 4.57 Å². The van der Waals surface area contributed by atoms with Crippen molar-refractivity contribution in [3.05, 3.63) is 45.2 Å². The van der Waals surface area contributed by atoms with Gasteiger partial charge in [-0.25, -0.2) is 4.79 Å². The lowest BCUT2D eigenvalue weighted by Crippen LogP contribution is -2.18. The molecule has 0 bridgehead atoms. The monoisotopic (exact) mass is 455 g/mol. The molecule has 27 heavy (non-hydrogen) atoms. The van der Waals surface area contributed by atoms with Crippen LogP contribution in [0.4, 0.5) is 32.0 Å². The van der Waals surface area contributed by atoms with Crippen LogP contribution in [-0.4, -0.2) is 17.6 Å². The number of nitrogen functional groups attached to an aromatic ring is 1. The summed E-state index contributed by atoms with van der Waals surface area (Å²) in [5.74, 6) is -1.09. The summed E-state index contributed by atoms with van der Waals surface area (Å²) in [5.41, 5.74) is 0.133. The number of aromatic nitrogens is 1. The molecule has 0 unspecified atom stereocenters. The van der Waals surface area contributed by atoms with Crippen molar-refractivity contribution >= 4 is 27.6 Å². The lowest BCUT2D eigenvalue weighted by Gasteiger charge is -2.19. The SMILES string of the molecule is COC(=O)c1c(N)c(C#N)cn1-c1cc(C(F)(F)F)c(C(F)(F)F)cc1Br. The Balaban J connectivity index is 2.90. The normalized spacial score (nSPS) is 12.0. The zero-order valence-electron chi connectivity index (χ0n) is 13.2. The number of benzene rings is 1. The van der Waals surface area contributed by atoms with Gasteiger partial charge in [0.25, 0.3) is 0 Å². The standard InChI is InChI=1S/C15H8BrF6N3O2/c1-27-13(26)12-11(24)6(4-23)5-25(12)10-3-8(15(20,21)22)7(2-9(10)16)14(17,18)19/h2-3,5H,24H2,1H3. The van der Waals surface area contributed by atoms with Gasteiger partial charge in [0.2, 0.25) is 0 Å². The van der Waals surface area contributed by atoms with Crippen LogP contribution in [0.1, 0.15) is 27.2 Å². The van der Waals surface area contributed by atoms with E-state index in [4.69, 9.17) is 11.0 Å². The summed E-state index contributed by atoms with van der Waals surface area (Å²) in [6.07, 6.45) is -9.68. The van der Waals surface area contributed by atoms with Gasteiger partial charge >= 0.3 is 18.3 Å². The lowest BCUT2D eigenvalue weighted by molar-refractivity contribution is -0.162. The van der Waals surface area contributed by atoms with Crippen LogP contribution in [0, 0.1) is 11.3 Å². The zero-order chi connectivity index (χ0) is 20.7. The van der Waals surface area contributed by atoms with Crippen LogP contribution in [-0.2, 0) is 17.1 Å². The van der Waals surface area contributed by atoms with Gasteiger partial charge in [-0.1, -0.05) is 0 Å². The third-order valence-electron chi connectivity index (χ3n) is 3.50. The summed E-state index contributed by atoms with van der Waals surface area (Å²) >= 11 is 2.77. The molecule has 144 valence electrons. The smallest absolute Gasteiger partial charge is 0.417 e. The first-order valence-corrected chi connectivity index (χ1v) is 7.59. The number of rotatable bonds is 2. The second-order valence-corrected chi connectivity index (χ2v) is 5.98. The first kappa shape index (κ1) is 20.6. The van der Waals surface area contributed by atoms with E-state index in [0.29, 0.717) is 0 Å². The van der Waals surface area contributed by atoms with Gasteiger partial charge in [-0.3, -0.25) is 0 Å². The number of ether oxygens (including phenoxy) is 1. The number of nitriles is 1. The Kier molecular flexibility index (Phi) is 5.20. The van der Waals surface area contributed by atoms with Crippen LogP contribution in [0.25, 0.3) is 5.69 Å². The largest absolute Gasteiger partial charge is 0.464 e. The number of nitrogens with two attached hydrogens (primary N) is 1. The van der Waals surface area contributed by atoms with Crippen LogP contribution >= 0.6 is 15.9 Å². The van der Waals surface area contributed by atoms with Gasteiger partial charge in [0.15, 0.2) is 5.69 Å². The van der Waals surface area contributed by atoms with Gasteiger partial charge < -0.3 is 15.0 Å². The van der Waals surface area contributed by atoms with Crippen molar-refractivity contribution in [2.24, 2.45) is 0 Å². The van der Waals surface area contributed by atoms with Crippen LogP contribution in [0.15, 0.2) is 22.8 Å². The average molecular weight is 456 g/mol. The minimum absolute atomic E-state index is 0.208. The lowest BCUT2D eigenvalue weighted by atomic mass is 10.1. The van der Waals surface area contributed by atoms with Crippen LogP contribution in [0.5, 0.6) is 0 Å². The molecule has 0 amide bonds. The number of anilines is 1.